The number of carbonyl (C=O) groups is 3. The molecule has 0 unspecified atom stereocenters. The second-order valence-electron chi connectivity index (χ2n) is 8.43. The normalized spacial score (nSPS) is 27.5. The van der Waals surface area contributed by atoms with Gasteiger partial charge in [0.05, 0.1) is 0 Å². The smallest absolute Gasteiger partial charge is 0.325 e. The van der Waals surface area contributed by atoms with E-state index in [1.165, 1.54) is 0 Å². The summed E-state index contributed by atoms with van der Waals surface area (Å²) in [6, 6.07) is 7.23. The lowest BCUT2D eigenvalue weighted by molar-refractivity contribution is -0.139. The number of rotatable bonds is 3. The average molecular weight is 419 g/mol. The van der Waals surface area contributed by atoms with E-state index in [2.05, 4.69) is 17.1 Å². The molecule has 1 N–H and O–H groups in total. The molecule has 1 aromatic carbocycles. The van der Waals surface area contributed by atoms with Crippen LogP contribution in [-0.4, -0.2) is 65.9 Å². The predicted octanol–water partition coefficient (Wildman–Crippen LogP) is 2.49. The molecule has 3 aliphatic rings. The van der Waals surface area contributed by atoms with Gasteiger partial charge in [0.15, 0.2) is 0 Å². The van der Waals surface area contributed by atoms with Gasteiger partial charge in [-0.05, 0) is 49.8 Å². The molecule has 2 saturated heterocycles. The van der Waals surface area contributed by atoms with Crippen molar-refractivity contribution in [2.45, 2.75) is 38.1 Å². The maximum Gasteiger partial charge on any atom is 0.325 e. The van der Waals surface area contributed by atoms with E-state index in [1.54, 1.807) is 4.90 Å². The molecular formula is C21H27ClN4O3. The lowest BCUT2D eigenvalue weighted by Crippen LogP contribution is -2.52. The molecular weight excluding hydrogens is 392 g/mol. The van der Waals surface area contributed by atoms with Crippen molar-refractivity contribution in [3.05, 3.63) is 29.3 Å². The standard InChI is InChI=1S/C21H27ClN4O3/c1-15-5-7-21(8-6-15)19(28)26(20(29)23-21)14-18(27)25-11-9-24(10-12-25)17-4-2-3-16(22)13-17/h2-4,13,15H,5-12,14H2,1H3,(H,23,29). The molecule has 2 aliphatic heterocycles. The molecule has 7 nitrogen and oxygen atoms in total. The van der Waals surface area contributed by atoms with E-state index in [0.717, 1.165) is 23.4 Å². The number of halogens is 1. The van der Waals surface area contributed by atoms with Gasteiger partial charge in [0.2, 0.25) is 5.91 Å². The van der Waals surface area contributed by atoms with Crippen LogP contribution in [0.3, 0.4) is 0 Å². The van der Waals surface area contributed by atoms with Gasteiger partial charge in [0.25, 0.3) is 5.91 Å². The molecule has 4 rings (SSSR count). The van der Waals surface area contributed by atoms with Crippen LogP contribution in [0.25, 0.3) is 0 Å². The van der Waals surface area contributed by atoms with Crippen molar-refractivity contribution in [1.82, 2.24) is 15.1 Å². The minimum atomic E-state index is -0.796. The molecule has 1 aliphatic carbocycles. The van der Waals surface area contributed by atoms with Gasteiger partial charge in [0, 0.05) is 36.9 Å². The largest absolute Gasteiger partial charge is 0.368 e. The first-order chi connectivity index (χ1) is 13.9. The number of anilines is 1. The van der Waals surface area contributed by atoms with Gasteiger partial charge in [-0.15, -0.1) is 0 Å². The summed E-state index contributed by atoms with van der Waals surface area (Å²) in [6.45, 7) is 4.47. The molecule has 4 amide bonds. The maximum absolute atomic E-state index is 12.9. The number of benzene rings is 1. The maximum atomic E-state index is 12.9. The fourth-order valence-corrected chi connectivity index (χ4v) is 4.72. The van der Waals surface area contributed by atoms with E-state index in [1.807, 2.05) is 24.3 Å². The van der Waals surface area contributed by atoms with Crippen LogP contribution in [0.5, 0.6) is 0 Å². The second-order valence-corrected chi connectivity index (χ2v) is 8.87. The molecule has 1 spiro atoms. The van der Waals surface area contributed by atoms with E-state index in [4.69, 9.17) is 11.6 Å². The van der Waals surface area contributed by atoms with Crippen LogP contribution in [-0.2, 0) is 9.59 Å². The molecule has 1 saturated carbocycles. The third-order valence-electron chi connectivity index (χ3n) is 6.47. The molecule has 156 valence electrons. The number of amides is 4. The Morgan fingerprint density at radius 2 is 1.86 bits per heavy atom. The highest BCUT2D eigenvalue weighted by Gasteiger charge is 2.52. The van der Waals surface area contributed by atoms with Crippen molar-refractivity contribution >= 4 is 35.1 Å². The van der Waals surface area contributed by atoms with Crippen molar-refractivity contribution in [3.8, 4) is 0 Å². The minimum absolute atomic E-state index is 0.180. The van der Waals surface area contributed by atoms with Crippen LogP contribution in [0.4, 0.5) is 10.5 Å². The van der Waals surface area contributed by atoms with Crippen molar-refractivity contribution in [1.29, 1.82) is 0 Å². The molecule has 0 bridgehead atoms. The van der Waals surface area contributed by atoms with Gasteiger partial charge >= 0.3 is 6.03 Å². The van der Waals surface area contributed by atoms with E-state index < -0.39 is 11.6 Å². The molecule has 0 atom stereocenters. The first kappa shape index (κ1) is 20.0. The van der Waals surface area contributed by atoms with E-state index in [-0.39, 0.29) is 18.4 Å². The summed E-state index contributed by atoms with van der Waals surface area (Å²) in [7, 11) is 0. The number of carbonyl (C=O) groups excluding carboxylic acids is 3. The Kier molecular flexibility index (Phi) is 5.42. The number of piperazine rings is 1. The zero-order chi connectivity index (χ0) is 20.6. The molecule has 2 heterocycles. The van der Waals surface area contributed by atoms with Gasteiger partial charge in [-0.25, -0.2) is 4.79 Å². The quantitative estimate of drug-likeness (QED) is 0.765. The summed E-state index contributed by atoms with van der Waals surface area (Å²) in [6.07, 6.45) is 3.14. The predicted molar refractivity (Wildman–Crippen MR) is 111 cm³/mol. The molecule has 3 fully saturated rings. The lowest BCUT2D eigenvalue weighted by Gasteiger charge is -2.36. The SMILES string of the molecule is CC1CCC2(CC1)NC(=O)N(CC(=O)N1CCN(c3cccc(Cl)c3)CC1)C2=O. The van der Waals surface area contributed by atoms with Crippen molar-refractivity contribution in [2.24, 2.45) is 5.92 Å². The Balaban J connectivity index is 1.34. The topological polar surface area (TPSA) is 73.0 Å². The van der Waals surface area contributed by atoms with Crippen molar-refractivity contribution < 1.29 is 14.4 Å². The van der Waals surface area contributed by atoms with Crippen LogP contribution in [0.2, 0.25) is 5.02 Å². The van der Waals surface area contributed by atoms with Crippen LogP contribution >= 0.6 is 11.6 Å². The highest BCUT2D eigenvalue weighted by molar-refractivity contribution is 6.30. The number of nitrogens with zero attached hydrogens (tertiary/aromatic N) is 3. The summed E-state index contributed by atoms with van der Waals surface area (Å²) in [5.74, 6) is 0.151. The zero-order valence-electron chi connectivity index (χ0n) is 16.7. The molecule has 0 aromatic heterocycles. The van der Waals surface area contributed by atoms with Crippen LogP contribution in [0.15, 0.2) is 24.3 Å². The Morgan fingerprint density at radius 1 is 1.17 bits per heavy atom. The van der Waals surface area contributed by atoms with Gasteiger partial charge in [-0.1, -0.05) is 24.6 Å². The van der Waals surface area contributed by atoms with Crippen LogP contribution < -0.4 is 10.2 Å². The van der Waals surface area contributed by atoms with E-state index >= 15 is 0 Å². The lowest BCUT2D eigenvalue weighted by atomic mass is 9.77. The Bertz CT molecular complexity index is 814. The monoisotopic (exact) mass is 418 g/mol. The Hall–Kier alpha value is -2.28. The average Bonchev–Trinajstić information content (AvgIpc) is 2.94. The fraction of sp³-hybridized carbons (Fsp3) is 0.571. The number of hydrogen-bond donors (Lipinski definition) is 1. The molecule has 29 heavy (non-hydrogen) atoms. The van der Waals surface area contributed by atoms with Crippen molar-refractivity contribution in [2.75, 3.05) is 37.6 Å². The van der Waals surface area contributed by atoms with Crippen LogP contribution in [0.1, 0.15) is 32.6 Å². The van der Waals surface area contributed by atoms with Gasteiger partial charge in [-0.2, -0.15) is 0 Å². The molecule has 8 heteroatoms. The highest BCUT2D eigenvalue weighted by Crippen LogP contribution is 2.36. The summed E-state index contributed by atoms with van der Waals surface area (Å²) >= 11 is 6.07. The highest BCUT2D eigenvalue weighted by atomic mass is 35.5. The zero-order valence-corrected chi connectivity index (χ0v) is 17.5. The molecule has 1 aromatic rings. The van der Waals surface area contributed by atoms with Gasteiger partial charge in [-0.3, -0.25) is 14.5 Å². The van der Waals surface area contributed by atoms with Crippen molar-refractivity contribution in [3.63, 3.8) is 0 Å². The fourth-order valence-electron chi connectivity index (χ4n) is 4.54. The van der Waals surface area contributed by atoms with E-state index in [0.29, 0.717) is 50.0 Å². The number of hydrogen-bond acceptors (Lipinski definition) is 4. The first-order valence-corrected chi connectivity index (χ1v) is 10.7. The number of nitrogens with one attached hydrogen (secondary N) is 1. The first-order valence-electron chi connectivity index (χ1n) is 10.3. The minimum Gasteiger partial charge on any atom is -0.368 e. The third-order valence-corrected chi connectivity index (χ3v) is 6.71. The summed E-state index contributed by atoms with van der Waals surface area (Å²) in [5, 5.41) is 3.56. The summed E-state index contributed by atoms with van der Waals surface area (Å²) in [4.78, 5) is 43.2. The van der Waals surface area contributed by atoms with E-state index in [9.17, 15) is 14.4 Å². The Labute approximate surface area is 176 Å². The number of urea groups is 1. The second kappa shape index (κ2) is 7.86. The van der Waals surface area contributed by atoms with Gasteiger partial charge in [0.1, 0.15) is 12.1 Å². The summed E-state index contributed by atoms with van der Waals surface area (Å²) in [5.41, 5.74) is 0.238. The van der Waals surface area contributed by atoms with Crippen LogP contribution in [0, 0.1) is 5.92 Å². The molecule has 0 radical (unpaired) electrons. The van der Waals surface area contributed by atoms with Gasteiger partial charge < -0.3 is 15.1 Å². The Morgan fingerprint density at radius 3 is 2.52 bits per heavy atom. The third kappa shape index (κ3) is 3.92. The summed E-state index contributed by atoms with van der Waals surface area (Å²) < 4.78 is 0. The number of imide groups is 1.